The molecule has 0 saturated carbocycles. The maximum Gasteiger partial charge on any atom is 0.340 e. The van der Waals surface area contributed by atoms with Crippen molar-refractivity contribution in [3.05, 3.63) is 63.3 Å². The normalized spacial score (nSPS) is 11.9. The van der Waals surface area contributed by atoms with Crippen molar-refractivity contribution in [1.29, 1.82) is 0 Å². The van der Waals surface area contributed by atoms with Crippen molar-refractivity contribution >= 4 is 28.8 Å². The molecule has 9 nitrogen and oxygen atoms in total. The van der Waals surface area contributed by atoms with Crippen LogP contribution in [0.15, 0.2) is 35.3 Å². The van der Waals surface area contributed by atoms with Gasteiger partial charge in [-0.25, -0.2) is 9.78 Å². The number of fused-ring (bicyclic) bond motifs is 1. The minimum absolute atomic E-state index is 0.174. The van der Waals surface area contributed by atoms with Gasteiger partial charge in [0.05, 0.1) is 35.1 Å². The number of aromatic amines is 1. The first kappa shape index (κ1) is 21.9. The number of para-hydroxylation sites is 2. The van der Waals surface area contributed by atoms with Crippen LogP contribution < -0.4 is 5.56 Å². The number of aromatic nitrogens is 3. The molecule has 1 aromatic carbocycles. The molecule has 0 aliphatic heterocycles. The van der Waals surface area contributed by atoms with Gasteiger partial charge in [0.2, 0.25) is 5.78 Å². The first-order valence-corrected chi connectivity index (χ1v) is 9.79. The number of ketones is 1. The topological polar surface area (TPSA) is 120 Å². The zero-order valence-corrected chi connectivity index (χ0v) is 17.7. The Balaban J connectivity index is 1.78. The van der Waals surface area contributed by atoms with Crippen LogP contribution in [0.5, 0.6) is 0 Å². The summed E-state index contributed by atoms with van der Waals surface area (Å²) in [6, 6.07) is 6.90. The smallest absolute Gasteiger partial charge is 0.340 e. The molecule has 9 heteroatoms. The molecule has 3 aromatic rings. The molecule has 3 rings (SSSR count). The van der Waals surface area contributed by atoms with Crippen LogP contribution in [-0.4, -0.2) is 45.0 Å². The standard InChI is InChI=1S/C22H23N3O6/c1-5-30-22(29)19-12(2)20(24-13(19)3)21(28)14(4)31-18(27)11-25-16-9-7-6-8-15(16)23-10-17(25)26/h6-10,14,24H,5,11H2,1-4H3/t14-/m1/s1. The average Bonchev–Trinajstić information content (AvgIpc) is 3.03. The van der Waals surface area contributed by atoms with E-state index in [0.717, 1.165) is 6.20 Å². The molecule has 0 fully saturated rings. The van der Waals surface area contributed by atoms with Crippen LogP contribution in [0.2, 0.25) is 0 Å². The summed E-state index contributed by atoms with van der Waals surface area (Å²) in [6.07, 6.45) is 0.00899. The van der Waals surface area contributed by atoms with Gasteiger partial charge in [-0.15, -0.1) is 0 Å². The molecular weight excluding hydrogens is 402 g/mol. The van der Waals surface area contributed by atoms with Crippen molar-refractivity contribution in [1.82, 2.24) is 14.5 Å². The quantitative estimate of drug-likeness (QED) is 0.456. The Hall–Kier alpha value is -3.75. The summed E-state index contributed by atoms with van der Waals surface area (Å²) in [7, 11) is 0. The number of nitrogens with zero attached hydrogens (tertiary/aromatic N) is 2. The lowest BCUT2D eigenvalue weighted by atomic mass is 10.1. The van der Waals surface area contributed by atoms with Gasteiger partial charge in [-0.05, 0) is 45.4 Å². The number of hydrogen-bond donors (Lipinski definition) is 1. The highest BCUT2D eigenvalue weighted by Crippen LogP contribution is 2.21. The van der Waals surface area contributed by atoms with Gasteiger partial charge in [-0.3, -0.25) is 19.0 Å². The second-order valence-corrected chi connectivity index (χ2v) is 7.01. The summed E-state index contributed by atoms with van der Waals surface area (Å²) < 4.78 is 11.5. The third-order valence-electron chi connectivity index (χ3n) is 4.88. The number of benzene rings is 1. The minimum atomic E-state index is -1.12. The molecular formula is C22H23N3O6. The van der Waals surface area contributed by atoms with Crippen molar-refractivity contribution in [3.63, 3.8) is 0 Å². The lowest BCUT2D eigenvalue weighted by Gasteiger charge is -2.14. The van der Waals surface area contributed by atoms with Crippen LogP contribution in [0, 0.1) is 13.8 Å². The van der Waals surface area contributed by atoms with E-state index in [0.29, 0.717) is 27.9 Å². The van der Waals surface area contributed by atoms with Crippen LogP contribution >= 0.6 is 0 Å². The van der Waals surface area contributed by atoms with Gasteiger partial charge >= 0.3 is 11.9 Å². The minimum Gasteiger partial charge on any atom is -0.462 e. The number of aryl methyl sites for hydroxylation is 1. The second-order valence-electron chi connectivity index (χ2n) is 7.01. The van der Waals surface area contributed by atoms with E-state index in [2.05, 4.69) is 9.97 Å². The van der Waals surface area contributed by atoms with E-state index in [1.54, 1.807) is 45.0 Å². The fourth-order valence-electron chi connectivity index (χ4n) is 3.40. The molecule has 2 aromatic heterocycles. The number of nitrogens with one attached hydrogen (secondary N) is 1. The Morgan fingerprint density at radius 2 is 1.90 bits per heavy atom. The van der Waals surface area contributed by atoms with E-state index >= 15 is 0 Å². The van der Waals surface area contributed by atoms with Gasteiger partial charge in [-0.1, -0.05) is 12.1 Å². The Morgan fingerprint density at radius 3 is 2.61 bits per heavy atom. The SMILES string of the molecule is CCOC(=O)c1c(C)[nH]c(C(=O)[C@@H](C)OC(=O)Cn2c(=O)cnc3ccccc32)c1C. The first-order valence-electron chi connectivity index (χ1n) is 9.79. The van der Waals surface area contributed by atoms with Gasteiger partial charge < -0.3 is 14.5 Å². The Labute approximate surface area is 178 Å². The van der Waals surface area contributed by atoms with E-state index in [4.69, 9.17) is 9.47 Å². The zero-order chi connectivity index (χ0) is 22.7. The molecule has 0 amide bonds. The number of esters is 2. The molecule has 162 valence electrons. The molecule has 0 saturated heterocycles. The summed E-state index contributed by atoms with van der Waals surface area (Å²) >= 11 is 0. The van der Waals surface area contributed by atoms with Crippen LogP contribution in [-0.2, 0) is 20.8 Å². The van der Waals surface area contributed by atoms with Gasteiger partial charge in [0.1, 0.15) is 6.54 Å². The monoisotopic (exact) mass is 425 g/mol. The number of rotatable bonds is 7. The molecule has 0 aliphatic rings. The van der Waals surface area contributed by atoms with Crippen LogP contribution in [0.3, 0.4) is 0 Å². The predicted molar refractivity (Wildman–Crippen MR) is 112 cm³/mol. The number of carbonyl (C=O) groups is 3. The van der Waals surface area contributed by atoms with Crippen LogP contribution in [0.25, 0.3) is 11.0 Å². The molecule has 31 heavy (non-hydrogen) atoms. The summed E-state index contributed by atoms with van der Waals surface area (Å²) in [5.41, 5.74) is 1.98. The number of H-pyrrole nitrogens is 1. The molecule has 0 unspecified atom stereocenters. The summed E-state index contributed by atoms with van der Waals surface area (Å²) in [5.74, 6) is -1.76. The second kappa shape index (κ2) is 8.95. The highest BCUT2D eigenvalue weighted by Gasteiger charge is 2.27. The predicted octanol–water partition coefficient (Wildman–Crippen LogP) is 2.33. The summed E-state index contributed by atoms with van der Waals surface area (Å²) in [4.78, 5) is 56.6. The van der Waals surface area contributed by atoms with E-state index in [1.807, 2.05) is 0 Å². The number of ether oxygens (including phenoxy) is 2. The van der Waals surface area contributed by atoms with Gasteiger partial charge in [-0.2, -0.15) is 0 Å². The molecule has 0 aliphatic carbocycles. The number of Topliss-reactive ketones (excluding diaryl/α,β-unsaturated/α-hetero) is 1. The van der Waals surface area contributed by atoms with Crippen molar-refractivity contribution in [2.75, 3.05) is 6.61 Å². The number of hydrogen-bond acceptors (Lipinski definition) is 7. The van der Waals surface area contributed by atoms with Gasteiger partial charge in [0.25, 0.3) is 5.56 Å². The lowest BCUT2D eigenvalue weighted by Crippen LogP contribution is -2.30. The van der Waals surface area contributed by atoms with Gasteiger partial charge in [0.15, 0.2) is 6.10 Å². The largest absolute Gasteiger partial charge is 0.462 e. The molecule has 0 bridgehead atoms. The Bertz CT molecular complexity index is 1220. The van der Waals surface area contributed by atoms with E-state index < -0.39 is 29.4 Å². The van der Waals surface area contributed by atoms with E-state index in [9.17, 15) is 19.2 Å². The third kappa shape index (κ3) is 4.40. The lowest BCUT2D eigenvalue weighted by molar-refractivity contribution is -0.147. The molecule has 1 N–H and O–H groups in total. The fourth-order valence-corrected chi connectivity index (χ4v) is 3.40. The highest BCUT2D eigenvalue weighted by molar-refractivity contribution is 6.04. The first-order chi connectivity index (χ1) is 14.7. The van der Waals surface area contributed by atoms with Crippen molar-refractivity contribution in [3.8, 4) is 0 Å². The number of carbonyl (C=O) groups excluding carboxylic acids is 3. The molecule has 2 heterocycles. The maximum atomic E-state index is 12.8. The van der Waals surface area contributed by atoms with Crippen molar-refractivity contribution < 1.29 is 23.9 Å². The zero-order valence-electron chi connectivity index (χ0n) is 17.7. The van der Waals surface area contributed by atoms with E-state index in [1.165, 1.54) is 11.5 Å². The fraction of sp³-hybridized carbons (Fsp3) is 0.318. The summed E-state index contributed by atoms with van der Waals surface area (Å²) in [5, 5.41) is 0. The summed E-state index contributed by atoms with van der Waals surface area (Å²) in [6.45, 7) is 6.26. The molecule has 0 spiro atoms. The maximum absolute atomic E-state index is 12.8. The molecule has 1 atom stereocenters. The van der Waals surface area contributed by atoms with E-state index in [-0.39, 0.29) is 18.8 Å². The van der Waals surface area contributed by atoms with Gasteiger partial charge in [0, 0.05) is 5.69 Å². The Morgan fingerprint density at radius 1 is 1.19 bits per heavy atom. The van der Waals surface area contributed by atoms with Crippen molar-refractivity contribution in [2.24, 2.45) is 0 Å². The third-order valence-corrected chi connectivity index (χ3v) is 4.88. The van der Waals surface area contributed by atoms with Crippen molar-refractivity contribution in [2.45, 2.75) is 40.3 Å². The Kier molecular flexibility index (Phi) is 6.33. The van der Waals surface area contributed by atoms with Crippen LogP contribution in [0.4, 0.5) is 0 Å². The highest BCUT2D eigenvalue weighted by atomic mass is 16.5. The average molecular weight is 425 g/mol. The molecule has 0 radical (unpaired) electrons. The van der Waals surface area contributed by atoms with Crippen LogP contribution in [0.1, 0.15) is 46.0 Å².